The number of nitrogens with one attached hydrogen (secondary N) is 1. The van der Waals surface area contributed by atoms with E-state index in [1.54, 1.807) is 47.9 Å². The first-order valence-electron chi connectivity index (χ1n) is 17.3. The first-order valence-corrected chi connectivity index (χ1v) is 19.6. The third kappa shape index (κ3) is 11.9. The predicted molar refractivity (Wildman–Crippen MR) is 199 cm³/mol. The molecule has 50 heavy (non-hydrogen) atoms. The number of carbonyl (C=O) groups excluding carboxylic acids is 1. The van der Waals surface area contributed by atoms with Crippen molar-refractivity contribution < 1.29 is 17.9 Å². The average molecular weight is 712 g/mol. The van der Waals surface area contributed by atoms with E-state index in [0.717, 1.165) is 41.8 Å². The van der Waals surface area contributed by atoms with Gasteiger partial charge in [-0.25, -0.2) is 23.4 Å². The van der Waals surface area contributed by atoms with Crippen molar-refractivity contribution in [2.75, 3.05) is 18.5 Å². The van der Waals surface area contributed by atoms with Crippen molar-refractivity contribution in [1.82, 2.24) is 19.3 Å². The van der Waals surface area contributed by atoms with Crippen LogP contribution in [0.15, 0.2) is 114 Å². The number of ether oxygens (including phenoxy) is 1. The molecule has 0 unspecified atom stereocenters. The monoisotopic (exact) mass is 711 g/mol. The van der Waals surface area contributed by atoms with Gasteiger partial charge >= 0.3 is 5.97 Å². The summed E-state index contributed by atoms with van der Waals surface area (Å²) in [7, 11) is -3.95. The number of benzene rings is 2. The molecule has 0 atom stereocenters. The van der Waals surface area contributed by atoms with Crippen molar-refractivity contribution >= 4 is 33.1 Å². The predicted octanol–water partition coefficient (Wildman–Crippen LogP) is 8.31. The molecule has 5 rings (SSSR count). The second-order valence-corrected chi connectivity index (χ2v) is 14.9. The first kappa shape index (κ1) is 36.8. The molecule has 0 radical (unpaired) electrons. The number of pyridine rings is 2. The highest BCUT2D eigenvalue weighted by Crippen LogP contribution is 2.24. The molecule has 3 heterocycles. The molecule has 11 heteroatoms. The van der Waals surface area contributed by atoms with Gasteiger partial charge in [0.15, 0.2) is 5.03 Å². The molecular formula is C39H45N5O4S2. The highest BCUT2D eigenvalue weighted by molar-refractivity contribution is 7.89. The van der Waals surface area contributed by atoms with Crippen molar-refractivity contribution in [3.05, 3.63) is 126 Å². The molecule has 1 N–H and O–H groups in total. The largest absolute Gasteiger partial charge is 0.464 e. The van der Waals surface area contributed by atoms with Crippen molar-refractivity contribution in [3.8, 4) is 10.6 Å². The number of unbranched alkanes of at least 4 members (excludes halogenated alkanes) is 7. The molecule has 0 bridgehead atoms. The molecule has 3 aromatic heterocycles. The molecule has 0 saturated heterocycles. The Kier molecular flexibility index (Phi) is 14.5. The zero-order chi connectivity index (χ0) is 34.9. The highest BCUT2D eigenvalue weighted by Gasteiger charge is 2.27. The number of nitrogens with zero attached hydrogens (tertiary/aromatic N) is 4. The van der Waals surface area contributed by atoms with E-state index in [9.17, 15) is 13.2 Å². The van der Waals surface area contributed by atoms with Gasteiger partial charge in [-0.1, -0.05) is 105 Å². The van der Waals surface area contributed by atoms with E-state index in [1.807, 2.05) is 29.6 Å². The summed E-state index contributed by atoms with van der Waals surface area (Å²) in [5, 5.41) is 5.81. The van der Waals surface area contributed by atoms with Gasteiger partial charge in [0, 0.05) is 29.9 Å². The van der Waals surface area contributed by atoms with Gasteiger partial charge in [0.05, 0.1) is 18.8 Å². The Bertz CT molecular complexity index is 1820. The van der Waals surface area contributed by atoms with Crippen LogP contribution in [0.2, 0.25) is 0 Å². The Hall–Kier alpha value is -4.45. The minimum absolute atomic E-state index is 0.0147. The van der Waals surface area contributed by atoms with Crippen LogP contribution in [0.25, 0.3) is 10.6 Å². The number of sulfonamides is 1. The lowest BCUT2D eigenvalue weighted by Gasteiger charge is -2.22. The Morgan fingerprint density at radius 3 is 2.18 bits per heavy atom. The molecule has 262 valence electrons. The van der Waals surface area contributed by atoms with Crippen molar-refractivity contribution in [1.29, 1.82) is 0 Å². The van der Waals surface area contributed by atoms with Gasteiger partial charge in [-0.05, 0) is 54.7 Å². The van der Waals surface area contributed by atoms with Gasteiger partial charge in [0.1, 0.15) is 17.4 Å². The van der Waals surface area contributed by atoms with Crippen LogP contribution in [0.3, 0.4) is 0 Å². The molecule has 2 aromatic carbocycles. The van der Waals surface area contributed by atoms with Gasteiger partial charge in [0.2, 0.25) is 0 Å². The fraction of sp³-hybridized carbons (Fsp3) is 0.333. The Balaban J connectivity index is 1.04. The SMILES string of the molecule is O=C(CNc1cccc(CN(Cc2ccc(-c3nccs3)cc2)S(=O)(=O)c2ccccn2)n1)OCCCCCCCCCCc1ccccc1. The topological polar surface area (TPSA) is 114 Å². The van der Waals surface area contributed by atoms with Gasteiger partial charge in [0.25, 0.3) is 10.0 Å². The minimum Gasteiger partial charge on any atom is -0.464 e. The lowest BCUT2D eigenvalue weighted by atomic mass is 10.0. The number of aryl methyl sites for hydroxylation is 1. The number of hydrogen-bond acceptors (Lipinski definition) is 9. The molecule has 0 fully saturated rings. The number of thiazole rings is 1. The molecule has 5 aromatic rings. The van der Waals surface area contributed by atoms with Crippen molar-refractivity contribution in [2.45, 2.75) is 75.9 Å². The average Bonchev–Trinajstić information content (AvgIpc) is 3.69. The van der Waals surface area contributed by atoms with Gasteiger partial charge in [-0.15, -0.1) is 11.3 Å². The summed E-state index contributed by atoms with van der Waals surface area (Å²) in [6.45, 7) is 0.509. The van der Waals surface area contributed by atoms with E-state index in [1.165, 1.54) is 54.2 Å². The normalized spacial score (nSPS) is 11.5. The van der Waals surface area contributed by atoms with Crippen LogP contribution in [0.1, 0.15) is 68.2 Å². The summed E-state index contributed by atoms with van der Waals surface area (Å²) in [6, 6.07) is 28.5. The quantitative estimate of drug-likeness (QED) is 0.0597. The van der Waals surface area contributed by atoms with Crippen LogP contribution in [-0.4, -0.2) is 46.8 Å². The molecule has 0 spiro atoms. The Labute approximate surface area is 299 Å². The molecule has 0 saturated carbocycles. The van der Waals surface area contributed by atoms with Gasteiger partial charge in [-0.2, -0.15) is 4.31 Å². The minimum atomic E-state index is -3.95. The van der Waals surface area contributed by atoms with Crippen molar-refractivity contribution in [2.24, 2.45) is 0 Å². The maximum absolute atomic E-state index is 13.7. The van der Waals surface area contributed by atoms with Crippen LogP contribution >= 0.6 is 11.3 Å². The summed E-state index contributed by atoms with van der Waals surface area (Å²) >= 11 is 1.55. The summed E-state index contributed by atoms with van der Waals surface area (Å²) in [5.41, 5.74) is 3.73. The summed E-state index contributed by atoms with van der Waals surface area (Å²) in [5.74, 6) is 0.113. The number of rotatable bonds is 21. The van der Waals surface area contributed by atoms with Gasteiger partial charge in [-0.3, -0.25) is 4.79 Å². The van der Waals surface area contributed by atoms with Crippen LogP contribution < -0.4 is 5.32 Å². The Morgan fingerprint density at radius 2 is 1.46 bits per heavy atom. The number of anilines is 1. The molecular weight excluding hydrogens is 667 g/mol. The van der Waals surface area contributed by atoms with E-state index in [4.69, 9.17) is 4.74 Å². The van der Waals surface area contributed by atoms with E-state index in [0.29, 0.717) is 18.1 Å². The van der Waals surface area contributed by atoms with Crippen LogP contribution in [0.4, 0.5) is 5.82 Å². The fourth-order valence-corrected chi connectivity index (χ4v) is 7.54. The van der Waals surface area contributed by atoms with Crippen LogP contribution in [0.5, 0.6) is 0 Å². The highest BCUT2D eigenvalue weighted by atomic mass is 32.2. The molecule has 0 amide bonds. The fourth-order valence-electron chi connectivity index (χ4n) is 5.56. The lowest BCUT2D eigenvalue weighted by Crippen LogP contribution is -2.31. The standard InChI is InChI=1S/C39H45N5O4S2/c45-38(48-27-13-6-4-2-1-3-5-8-15-32-16-9-7-10-17-32)29-42-36-19-14-18-35(43-36)31-44(50(46,47)37-20-11-12-25-40-37)30-33-21-23-34(24-22-33)39-41-26-28-49-39/h7,9-12,14,16-26,28H,1-6,8,13,15,27,29-31H2,(H,42,43). The second kappa shape index (κ2) is 19.7. The second-order valence-electron chi connectivity index (χ2n) is 12.1. The third-order valence-corrected chi connectivity index (χ3v) is 10.8. The summed E-state index contributed by atoms with van der Waals surface area (Å²) in [6.07, 6.45) is 13.7. The maximum atomic E-state index is 13.7. The van der Waals surface area contributed by atoms with Crippen LogP contribution in [-0.2, 0) is 39.1 Å². The molecule has 9 nitrogen and oxygen atoms in total. The molecule has 0 aliphatic carbocycles. The number of hydrogen-bond donors (Lipinski definition) is 1. The smallest absolute Gasteiger partial charge is 0.325 e. The maximum Gasteiger partial charge on any atom is 0.325 e. The van der Waals surface area contributed by atoms with E-state index in [2.05, 4.69) is 50.6 Å². The Morgan fingerprint density at radius 1 is 0.720 bits per heavy atom. The van der Waals surface area contributed by atoms with E-state index >= 15 is 0 Å². The molecule has 0 aliphatic heterocycles. The van der Waals surface area contributed by atoms with Crippen LogP contribution in [0, 0.1) is 0 Å². The van der Waals surface area contributed by atoms with E-state index in [-0.39, 0.29) is 30.6 Å². The number of esters is 1. The van der Waals surface area contributed by atoms with Gasteiger partial charge < -0.3 is 10.1 Å². The summed E-state index contributed by atoms with van der Waals surface area (Å²) in [4.78, 5) is 25.5. The number of aromatic nitrogens is 3. The summed E-state index contributed by atoms with van der Waals surface area (Å²) < 4.78 is 34.2. The third-order valence-electron chi connectivity index (χ3n) is 8.26. The molecule has 0 aliphatic rings. The van der Waals surface area contributed by atoms with E-state index < -0.39 is 10.0 Å². The first-order chi connectivity index (χ1) is 24.5. The number of carbonyl (C=O) groups is 1. The lowest BCUT2D eigenvalue weighted by molar-refractivity contribution is -0.141. The zero-order valence-electron chi connectivity index (χ0n) is 28.3. The zero-order valence-corrected chi connectivity index (χ0v) is 30.0. The van der Waals surface area contributed by atoms with Crippen molar-refractivity contribution in [3.63, 3.8) is 0 Å².